The second kappa shape index (κ2) is 4.76. The summed E-state index contributed by atoms with van der Waals surface area (Å²) in [5.41, 5.74) is 2.12. The summed E-state index contributed by atoms with van der Waals surface area (Å²) in [5, 5.41) is 0. The SMILES string of the molecule is C#CC[C@]12CCCC=C1[C@@]1(C)CCC(=O)[C@H](C)C1CC2.[HH].[H]. The van der Waals surface area contributed by atoms with Crippen molar-refractivity contribution in [1.29, 1.82) is 0 Å². The summed E-state index contributed by atoms with van der Waals surface area (Å²) in [6, 6.07) is 0. The molecule has 1 nitrogen and oxygen atoms in total. The van der Waals surface area contributed by atoms with Crippen molar-refractivity contribution in [3.63, 3.8) is 0 Å². The van der Waals surface area contributed by atoms with Crippen molar-refractivity contribution in [2.24, 2.45) is 22.7 Å². The van der Waals surface area contributed by atoms with Gasteiger partial charge >= 0.3 is 0 Å². The number of hydrogen-bond acceptors (Lipinski definition) is 1. The number of allylic oxidation sites excluding steroid dienone is 2. The van der Waals surface area contributed by atoms with Crippen LogP contribution in [0.15, 0.2) is 11.6 Å². The van der Waals surface area contributed by atoms with Crippen LogP contribution in [-0.2, 0) is 4.79 Å². The van der Waals surface area contributed by atoms with E-state index in [0.29, 0.717) is 11.7 Å². The fraction of sp³-hybridized carbons (Fsp3) is 0.737. The third-order valence-electron chi connectivity index (χ3n) is 6.59. The van der Waals surface area contributed by atoms with Gasteiger partial charge in [0, 0.05) is 27.0 Å². The lowest BCUT2D eigenvalue weighted by Gasteiger charge is -2.58. The molecule has 1 unspecified atom stereocenters. The average molecular weight is 273 g/mol. The first-order chi connectivity index (χ1) is 9.53. The fourth-order valence-corrected chi connectivity index (χ4v) is 5.51. The lowest BCUT2D eigenvalue weighted by Crippen LogP contribution is -2.50. The second-order valence-electron chi connectivity index (χ2n) is 7.49. The molecule has 0 aromatic carbocycles. The van der Waals surface area contributed by atoms with Crippen LogP contribution in [-0.4, -0.2) is 5.78 Å². The molecule has 20 heavy (non-hydrogen) atoms. The Balaban J connectivity index is 0.00000121. The van der Waals surface area contributed by atoms with Crippen molar-refractivity contribution in [3.8, 4) is 12.3 Å². The molecule has 1 radical (unpaired) electrons. The molecule has 0 saturated heterocycles. The Morgan fingerprint density at radius 3 is 3.05 bits per heavy atom. The molecule has 1 heteroatoms. The molecule has 0 aromatic rings. The largest absolute Gasteiger partial charge is 0.299 e. The quantitative estimate of drug-likeness (QED) is 0.491. The first kappa shape index (κ1) is 13.9. The van der Waals surface area contributed by atoms with Gasteiger partial charge in [0.15, 0.2) is 0 Å². The average Bonchev–Trinajstić information content (AvgIpc) is 2.44. The monoisotopic (exact) mass is 273 g/mol. The van der Waals surface area contributed by atoms with Gasteiger partial charge in [-0.25, -0.2) is 0 Å². The van der Waals surface area contributed by atoms with Gasteiger partial charge < -0.3 is 0 Å². The van der Waals surface area contributed by atoms with Crippen molar-refractivity contribution in [3.05, 3.63) is 11.6 Å². The minimum atomic E-state index is 0. The van der Waals surface area contributed by atoms with Crippen LogP contribution in [0.25, 0.3) is 0 Å². The Kier molecular flexibility index (Phi) is 3.32. The van der Waals surface area contributed by atoms with Crippen LogP contribution in [0.3, 0.4) is 0 Å². The Morgan fingerprint density at radius 2 is 2.30 bits per heavy atom. The molecule has 0 spiro atoms. The van der Waals surface area contributed by atoms with Crippen molar-refractivity contribution in [1.82, 2.24) is 0 Å². The summed E-state index contributed by atoms with van der Waals surface area (Å²) >= 11 is 0. The van der Waals surface area contributed by atoms with Crippen LogP contribution in [0.2, 0.25) is 0 Å². The lowest BCUT2D eigenvalue weighted by molar-refractivity contribution is -0.131. The van der Waals surface area contributed by atoms with Crippen LogP contribution in [0.1, 0.15) is 68.1 Å². The van der Waals surface area contributed by atoms with Crippen LogP contribution in [0.4, 0.5) is 0 Å². The van der Waals surface area contributed by atoms with E-state index in [9.17, 15) is 4.79 Å². The minimum absolute atomic E-state index is 0. The molecule has 0 amide bonds. The maximum atomic E-state index is 12.1. The van der Waals surface area contributed by atoms with Crippen LogP contribution >= 0.6 is 0 Å². The Hall–Kier alpha value is -1.03. The highest BCUT2D eigenvalue weighted by atomic mass is 16.1. The van der Waals surface area contributed by atoms with E-state index in [1.165, 1.54) is 32.1 Å². The zero-order chi connectivity index (χ0) is 14.4. The predicted molar refractivity (Wildman–Crippen MR) is 85.3 cm³/mol. The highest BCUT2D eigenvalue weighted by Crippen LogP contribution is 2.63. The summed E-state index contributed by atoms with van der Waals surface area (Å²) in [6.07, 6.45) is 17.0. The predicted octanol–water partition coefficient (Wildman–Crippen LogP) is 4.88. The highest BCUT2D eigenvalue weighted by Gasteiger charge is 2.55. The van der Waals surface area contributed by atoms with Crippen molar-refractivity contribution >= 4 is 5.78 Å². The second-order valence-corrected chi connectivity index (χ2v) is 7.49. The highest BCUT2D eigenvalue weighted by molar-refractivity contribution is 5.82. The summed E-state index contributed by atoms with van der Waals surface area (Å²) in [4.78, 5) is 12.1. The van der Waals surface area contributed by atoms with Crippen molar-refractivity contribution in [2.75, 3.05) is 0 Å². The van der Waals surface area contributed by atoms with E-state index in [-0.39, 0.29) is 19.6 Å². The third kappa shape index (κ3) is 1.80. The molecule has 0 bridgehead atoms. The zero-order valence-electron chi connectivity index (χ0n) is 13.9. The molecular formula is C19H29O. The molecule has 4 atom stereocenters. The summed E-state index contributed by atoms with van der Waals surface area (Å²) in [5.74, 6) is 4.21. The van der Waals surface area contributed by atoms with Gasteiger partial charge in [-0.1, -0.05) is 25.5 Å². The van der Waals surface area contributed by atoms with Gasteiger partial charge in [-0.15, -0.1) is 12.3 Å². The molecule has 0 aromatic heterocycles. The smallest absolute Gasteiger partial charge is 0.136 e. The number of Topliss-reactive ketones (excluding diaryl/α,β-unsaturated/α-hetero) is 1. The van der Waals surface area contributed by atoms with E-state index >= 15 is 0 Å². The van der Waals surface area contributed by atoms with Gasteiger partial charge in [0.05, 0.1) is 0 Å². The minimum Gasteiger partial charge on any atom is -0.299 e. The molecular weight excluding hydrogens is 244 g/mol. The van der Waals surface area contributed by atoms with E-state index in [0.717, 1.165) is 19.3 Å². The van der Waals surface area contributed by atoms with Gasteiger partial charge in [-0.05, 0) is 49.9 Å². The lowest BCUT2D eigenvalue weighted by atomic mass is 9.46. The fourth-order valence-electron chi connectivity index (χ4n) is 5.51. The Morgan fingerprint density at radius 1 is 1.50 bits per heavy atom. The number of fused-ring (bicyclic) bond motifs is 3. The van der Waals surface area contributed by atoms with E-state index < -0.39 is 0 Å². The third-order valence-corrected chi connectivity index (χ3v) is 6.59. The van der Waals surface area contributed by atoms with Gasteiger partial charge in [0.25, 0.3) is 0 Å². The molecule has 0 heterocycles. The molecule has 2 fully saturated rings. The molecule has 0 aliphatic heterocycles. The molecule has 3 rings (SSSR count). The van der Waals surface area contributed by atoms with Gasteiger partial charge in [0.2, 0.25) is 0 Å². The molecule has 111 valence electrons. The Labute approximate surface area is 126 Å². The first-order valence-electron chi connectivity index (χ1n) is 8.21. The maximum absolute atomic E-state index is 12.1. The normalized spacial score (nSPS) is 44.0. The number of rotatable bonds is 1. The zero-order valence-corrected chi connectivity index (χ0v) is 12.9. The molecule has 0 N–H and O–H groups in total. The number of hydrogen-bond donors (Lipinski definition) is 0. The molecule has 3 aliphatic rings. The maximum Gasteiger partial charge on any atom is 0.136 e. The number of terminal acetylenes is 1. The van der Waals surface area contributed by atoms with Gasteiger partial charge in [-0.3, -0.25) is 4.79 Å². The van der Waals surface area contributed by atoms with Gasteiger partial charge in [-0.2, -0.15) is 0 Å². The summed E-state index contributed by atoms with van der Waals surface area (Å²) < 4.78 is 0. The van der Waals surface area contributed by atoms with E-state index in [4.69, 9.17) is 6.42 Å². The van der Waals surface area contributed by atoms with Crippen molar-refractivity contribution < 1.29 is 7.65 Å². The van der Waals surface area contributed by atoms with Gasteiger partial charge in [0.1, 0.15) is 5.78 Å². The van der Waals surface area contributed by atoms with E-state index in [1.807, 2.05) is 0 Å². The first-order valence-corrected chi connectivity index (χ1v) is 8.21. The van der Waals surface area contributed by atoms with Crippen LogP contribution < -0.4 is 0 Å². The number of carbonyl (C=O) groups is 1. The topological polar surface area (TPSA) is 17.1 Å². The van der Waals surface area contributed by atoms with Crippen molar-refractivity contribution in [2.45, 2.75) is 65.2 Å². The summed E-state index contributed by atoms with van der Waals surface area (Å²) in [6.45, 7) is 4.57. The van der Waals surface area contributed by atoms with Crippen LogP contribution in [0.5, 0.6) is 0 Å². The molecule has 2 saturated carbocycles. The molecule has 3 aliphatic carbocycles. The summed E-state index contributed by atoms with van der Waals surface area (Å²) in [7, 11) is 0. The van der Waals surface area contributed by atoms with E-state index in [2.05, 4.69) is 25.8 Å². The van der Waals surface area contributed by atoms with Crippen LogP contribution in [0, 0.1) is 35.0 Å². The standard InChI is InChI=1S/C19H26O.H2.H/c1-4-10-19-11-6-5-7-17(19)18(3)12-9-16(20)14(2)15(18)8-13-19;;/h1,7,14-15H,5-6,8-13H2,2-3H3;1H;/t14-,15?,18+,19-;;/m1../s1. The Bertz CT molecular complexity index is 504. The van der Waals surface area contributed by atoms with E-state index in [1.54, 1.807) is 5.57 Å². The number of ketones is 1. The number of carbonyl (C=O) groups excluding carboxylic acids is 1.